The topological polar surface area (TPSA) is 58.0 Å². The summed E-state index contributed by atoms with van der Waals surface area (Å²) in [5.41, 5.74) is 1.53. The van der Waals surface area contributed by atoms with Crippen molar-refractivity contribution in [1.82, 2.24) is 9.55 Å². The van der Waals surface area contributed by atoms with Gasteiger partial charge in [-0.3, -0.25) is 4.57 Å². The van der Waals surface area contributed by atoms with E-state index in [4.69, 9.17) is 0 Å². The maximum absolute atomic E-state index is 12.0. The van der Waals surface area contributed by atoms with E-state index in [1.807, 2.05) is 22.4 Å². The van der Waals surface area contributed by atoms with Crippen molar-refractivity contribution in [3.05, 3.63) is 28.7 Å². The standard InChI is InChI=1S/C12H14N2O2S/c15-9-3-4-11-10(6-9)13-12(16)14(11)8-2-1-5-17-7-8/h3-4,6,8,15H,1-2,5,7H2,(H,13,16). The summed E-state index contributed by atoms with van der Waals surface area (Å²) in [5.74, 6) is 2.37. The number of hydrogen-bond donors (Lipinski definition) is 2. The quantitative estimate of drug-likeness (QED) is 0.815. The zero-order chi connectivity index (χ0) is 11.8. The summed E-state index contributed by atoms with van der Waals surface area (Å²) in [5, 5.41) is 9.41. The van der Waals surface area contributed by atoms with E-state index in [-0.39, 0.29) is 17.5 Å². The summed E-state index contributed by atoms with van der Waals surface area (Å²) in [6.45, 7) is 0. The lowest BCUT2D eigenvalue weighted by Gasteiger charge is -2.22. The molecule has 17 heavy (non-hydrogen) atoms. The Kier molecular flexibility index (Phi) is 2.63. The Morgan fingerprint density at radius 2 is 2.35 bits per heavy atom. The second kappa shape index (κ2) is 4.14. The van der Waals surface area contributed by atoms with Gasteiger partial charge in [0.25, 0.3) is 0 Å². The number of aromatic hydroxyl groups is 1. The van der Waals surface area contributed by atoms with Gasteiger partial charge in [-0.2, -0.15) is 11.8 Å². The molecule has 1 aromatic carbocycles. The van der Waals surface area contributed by atoms with E-state index >= 15 is 0 Å². The van der Waals surface area contributed by atoms with Crippen molar-refractivity contribution in [3.63, 3.8) is 0 Å². The van der Waals surface area contributed by atoms with Gasteiger partial charge in [-0.15, -0.1) is 0 Å². The van der Waals surface area contributed by atoms with Crippen molar-refractivity contribution in [1.29, 1.82) is 0 Å². The zero-order valence-corrected chi connectivity index (χ0v) is 10.2. The predicted octanol–water partition coefficient (Wildman–Crippen LogP) is 2.10. The first-order chi connectivity index (χ1) is 8.25. The van der Waals surface area contributed by atoms with Gasteiger partial charge < -0.3 is 10.1 Å². The lowest BCUT2D eigenvalue weighted by atomic mass is 10.2. The van der Waals surface area contributed by atoms with Gasteiger partial charge in [0.05, 0.1) is 11.0 Å². The van der Waals surface area contributed by atoms with Crippen LogP contribution in [0, 0.1) is 0 Å². The summed E-state index contributed by atoms with van der Waals surface area (Å²) in [7, 11) is 0. The number of nitrogens with zero attached hydrogens (tertiary/aromatic N) is 1. The van der Waals surface area contributed by atoms with Crippen molar-refractivity contribution < 1.29 is 5.11 Å². The summed E-state index contributed by atoms with van der Waals surface area (Å²) in [6.07, 6.45) is 2.22. The number of benzene rings is 1. The maximum atomic E-state index is 12.0. The molecule has 5 heteroatoms. The van der Waals surface area contributed by atoms with Crippen LogP contribution >= 0.6 is 11.8 Å². The van der Waals surface area contributed by atoms with Gasteiger partial charge in [0.2, 0.25) is 0 Å². The third-order valence-electron chi connectivity index (χ3n) is 3.20. The maximum Gasteiger partial charge on any atom is 0.326 e. The molecule has 0 radical (unpaired) electrons. The van der Waals surface area contributed by atoms with Crippen LogP contribution in [0.3, 0.4) is 0 Å². The molecule has 2 heterocycles. The summed E-state index contributed by atoms with van der Waals surface area (Å²) in [4.78, 5) is 14.8. The largest absolute Gasteiger partial charge is 0.508 e. The minimum absolute atomic E-state index is 0.0712. The van der Waals surface area contributed by atoms with E-state index in [0.29, 0.717) is 5.52 Å². The van der Waals surface area contributed by atoms with Gasteiger partial charge >= 0.3 is 5.69 Å². The van der Waals surface area contributed by atoms with Crippen molar-refractivity contribution >= 4 is 22.8 Å². The highest BCUT2D eigenvalue weighted by Gasteiger charge is 2.19. The second-order valence-corrected chi connectivity index (χ2v) is 5.52. The van der Waals surface area contributed by atoms with E-state index in [1.54, 1.807) is 12.1 Å². The molecule has 0 spiro atoms. The van der Waals surface area contributed by atoms with E-state index in [2.05, 4.69) is 4.98 Å². The van der Waals surface area contributed by atoms with Crippen molar-refractivity contribution in [2.75, 3.05) is 11.5 Å². The number of aromatic amines is 1. The van der Waals surface area contributed by atoms with Crippen molar-refractivity contribution in [3.8, 4) is 5.75 Å². The second-order valence-electron chi connectivity index (χ2n) is 4.37. The smallest absolute Gasteiger partial charge is 0.326 e. The lowest BCUT2D eigenvalue weighted by Crippen LogP contribution is -2.25. The Bertz CT molecular complexity index is 596. The average molecular weight is 250 g/mol. The van der Waals surface area contributed by atoms with Gasteiger partial charge in [0.15, 0.2) is 0 Å². The molecule has 90 valence electrons. The molecule has 1 aliphatic heterocycles. The Hall–Kier alpha value is -1.36. The molecule has 0 aliphatic carbocycles. The number of H-pyrrole nitrogens is 1. The molecule has 2 N–H and O–H groups in total. The molecule has 1 atom stereocenters. The van der Waals surface area contributed by atoms with E-state index < -0.39 is 0 Å². The predicted molar refractivity (Wildman–Crippen MR) is 69.8 cm³/mol. The normalized spacial score (nSPS) is 20.8. The highest BCUT2D eigenvalue weighted by molar-refractivity contribution is 7.99. The minimum atomic E-state index is -0.0712. The highest BCUT2D eigenvalue weighted by atomic mass is 32.2. The number of hydrogen-bond acceptors (Lipinski definition) is 3. The molecule has 1 unspecified atom stereocenters. The van der Waals surface area contributed by atoms with Crippen LogP contribution in [0.2, 0.25) is 0 Å². The highest BCUT2D eigenvalue weighted by Crippen LogP contribution is 2.28. The Balaban J connectivity index is 2.14. The molecule has 1 saturated heterocycles. The molecule has 4 nitrogen and oxygen atoms in total. The number of phenols is 1. The lowest BCUT2D eigenvalue weighted by molar-refractivity contribution is 0.475. The van der Waals surface area contributed by atoms with Crippen molar-refractivity contribution in [2.45, 2.75) is 18.9 Å². The van der Waals surface area contributed by atoms with Crippen LogP contribution in [0.25, 0.3) is 11.0 Å². The van der Waals surface area contributed by atoms with Crippen LogP contribution in [-0.4, -0.2) is 26.2 Å². The van der Waals surface area contributed by atoms with Crippen LogP contribution in [-0.2, 0) is 0 Å². The first kappa shape index (κ1) is 10.8. The molecule has 0 saturated carbocycles. The summed E-state index contributed by atoms with van der Waals surface area (Å²) in [6, 6.07) is 5.31. The fourth-order valence-corrected chi connectivity index (χ4v) is 3.53. The van der Waals surface area contributed by atoms with Gasteiger partial charge in [-0.25, -0.2) is 4.79 Å². The molecule has 3 rings (SSSR count). The molecule has 2 aromatic rings. The summed E-state index contributed by atoms with van der Waals surface area (Å²) >= 11 is 1.90. The SMILES string of the molecule is O=c1[nH]c2cc(O)ccc2n1C1CCCSC1. The number of rotatable bonds is 1. The van der Waals surface area contributed by atoms with Gasteiger partial charge in [-0.05, 0) is 30.7 Å². The molecular formula is C12H14N2O2S. The first-order valence-corrected chi connectivity index (χ1v) is 6.92. The number of phenolic OH excluding ortho intramolecular Hbond substituents is 1. The van der Waals surface area contributed by atoms with Crippen LogP contribution in [0.15, 0.2) is 23.0 Å². The average Bonchev–Trinajstić information content (AvgIpc) is 2.65. The minimum Gasteiger partial charge on any atom is -0.508 e. The number of thioether (sulfide) groups is 1. The molecule has 0 bridgehead atoms. The fraction of sp³-hybridized carbons (Fsp3) is 0.417. The number of fused-ring (bicyclic) bond motifs is 1. The molecule has 1 fully saturated rings. The number of nitrogens with one attached hydrogen (secondary N) is 1. The Morgan fingerprint density at radius 3 is 3.12 bits per heavy atom. The van der Waals surface area contributed by atoms with Crippen LogP contribution in [0.4, 0.5) is 0 Å². The van der Waals surface area contributed by atoms with Gasteiger partial charge in [-0.1, -0.05) is 0 Å². The summed E-state index contributed by atoms with van der Waals surface area (Å²) < 4.78 is 1.83. The number of aromatic nitrogens is 2. The molecule has 1 aromatic heterocycles. The van der Waals surface area contributed by atoms with Crippen molar-refractivity contribution in [2.24, 2.45) is 0 Å². The molecule has 1 aliphatic rings. The van der Waals surface area contributed by atoms with E-state index in [0.717, 1.165) is 24.1 Å². The monoisotopic (exact) mass is 250 g/mol. The van der Waals surface area contributed by atoms with E-state index in [9.17, 15) is 9.90 Å². The fourth-order valence-electron chi connectivity index (χ4n) is 2.41. The zero-order valence-electron chi connectivity index (χ0n) is 9.35. The van der Waals surface area contributed by atoms with E-state index in [1.165, 1.54) is 5.75 Å². The van der Waals surface area contributed by atoms with Gasteiger partial charge in [0, 0.05) is 17.9 Å². The third kappa shape index (κ3) is 1.84. The Morgan fingerprint density at radius 1 is 1.47 bits per heavy atom. The van der Waals surface area contributed by atoms with Crippen LogP contribution in [0.1, 0.15) is 18.9 Å². The Labute approximate surface area is 103 Å². The first-order valence-electron chi connectivity index (χ1n) is 5.77. The van der Waals surface area contributed by atoms with Crippen LogP contribution < -0.4 is 5.69 Å². The third-order valence-corrected chi connectivity index (χ3v) is 4.40. The van der Waals surface area contributed by atoms with Gasteiger partial charge in [0.1, 0.15) is 5.75 Å². The van der Waals surface area contributed by atoms with Crippen LogP contribution in [0.5, 0.6) is 5.75 Å². The molecule has 0 amide bonds. The number of imidazole rings is 1. The molecular weight excluding hydrogens is 236 g/mol.